The molecule has 0 saturated heterocycles. The van der Waals surface area contributed by atoms with E-state index in [-0.39, 0.29) is 0 Å². The Morgan fingerprint density at radius 2 is 1.84 bits per heavy atom. The van der Waals surface area contributed by atoms with Crippen molar-refractivity contribution in [3.8, 4) is 11.5 Å². The van der Waals surface area contributed by atoms with Crippen molar-refractivity contribution in [1.82, 2.24) is 15.5 Å². The zero-order valence-electron chi connectivity index (χ0n) is 16.1. The highest BCUT2D eigenvalue weighted by Gasteiger charge is 2.05. The molecule has 2 N–H and O–H groups in total. The Morgan fingerprint density at radius 3 is 2.48 bits per heavy atom. The molecule has 0 aromatic heterocycles. The zero-order valence-corrected chi connectivity index (χ0v) is 16.1. The summed E-state index contributed by atoms with van der Waals surface area (Å²) in [4.78, 5) is 6.85. The van der Waals surface area contributed by atoms with Gasteiger partial charge in [-0.3, -0.25) is 0 Å². The molecule has 25 heavy (non-hydrogen) atoms. The molecule has 0 fully saturated rings. The van der Waals surface area contributed by atoms with Crippen molar-refractivity contribution >= 4 is 5.96 Å². The van der Waals surface area contributed by atoms with E-state index in [0.29, 0.717) is 12.3 Å². The Balaban J connectivity index is 2.57. The second-order valence-corrected chi connectivity index (χ2v) is 5.61. The average Bonchev–Trinajstić information content (AvgIpc) is 2.64. The average molecular weight is 352 g/mol. The number of rotatable bonds is 11. The third-order valence-corrected chi connectivity index (χ3v) is 3.68. The topological polar surface area (TPSA) is 67.4 Å². The fourth-order valence-corrected chi connectivity index (χ4v) is 2.22. The normalized spacial score (nSPS) is 11.5. The Hall–Kier alpha value is -1.99. The maximum Gasteiger partial charge on any atom is 0.191 e. The number of nitrogens with one attached hydrogen (secondary N) is 2. The summed E-state index contributed by atoms with van der Waals surface area (Å²) in [6, 6.07) is 5.84. The predicted molar refractivity (Wildman–Crippen MR) is 102 cm³/mol. The Labute approximate surface area is 151 Å². The van der Waals surface area contributed by atoms with Gasteiger partial charge in [0.05, 0.1) is 27.4 Å². The minimum Gasteiger partial charge on any atom is -0.493 e. The van der Waals surface area contributed by atoms with Crippen molar-refractivity contribution in [2.75, 3.05) is 61.2 Å². The Kier molecular flexibility index (Phi) is 10.4. The number of hydrogen-bond donors (Lipinski definition) is 2. The molecule has 1 aromatic rings. The van der Waals surface area contributed by atoms with E-state index in [2.05, 4.69) is 34.5 Å². The summed E-state index contributed by atoms with van der Waals surface area (Å²) in [7, 11) is 7.06. The highest BCUT2D eigenvalue weighted by atomic mass is 16.5. The first kappa shape index (κ1) is 21.1. The SMILES string of the molecule is CCNC(=NCc1ccc(OC)c(OC)c1)NCCN(C)CCOC. The molecule has 0 unspecified atom stereocenters. The summed E-state index contributed by atoms with van der Waals surface area (Å²) in [5, 5.41) is 6.61. The van der Waals surface area contributed by atoms with E-state index in [4.69, 9.17) is 14.2 Å². The maximum atomic E-state index is 5.33. The standard InChI is InChI=1S/C18H32N4O3/c1-6-19-18(20-9-10-22(2)11-12-23-3)21-14-15-7-8-16(24-4)17(13-15)25-5/h7-8,13H,6,9-12,14H2,1-5H3,(H2,19,20,21). The first-order valence-corrected chi connectivity index (χ1v) is 8.55. The van der Waals surface area contributed by atoms with Crippen molar-refractivity contribution < 1.29 is 14.2 Å². The second-order valence-electron chi connectivity index (χ2n) is 5.61. The fourth-order valence-electron chi connectivity index (χ4n) is 2.22. The summed E-state index contributed by atoms with van der Waals surface area (Å²) >= 11 is 0. The number of ether oxygens (including phenoxy) is 3. The Bertz CT molecular complexity index is 523. The van der Waals surface area contributed by atoms with Gasteiger partial charge in [0.15, 0.2) is 17.5 Å². The van der Waals surface area contributed by atoms with Gasteiger partial charge >= 0.3 is 0 Å². The molecule has 0 heterocycles. The quantitative estimate of drug-likeness (QED) is 0.463. The molecule has 0 aliphatic rings. The summed E-state index contributed by atoms with van der Waals surface area (Å²) in [5.74, 6) is 2.24. The summed E-state index contributed by atoms with van der Waals surface area (Å²) in [5.41, 5.74) is 1.06. The minimum absolute atomic E-state index is 0.565. The molecular weight excluding hydrogens is 320 g/mol. The molecule has 142 valence electrons. The van der Waals surface area contributed by atoms with E-state index >= 15 is 0 Å². The van der Waals surface area contributed by atoms with Crippen LogP contribution in [0.1, 0.15) is 12.5 Å². The molecule has 0 saturated carbocycles. The van der Waals surface area contributed by atoms with Crippen LogP contribution in [0.2, 0.25) is 0 Å². The van der Waals surface area contributed by atoms with Crippen molar-refractivity contribution in [2.45, 2.75) is 13.5 Å². The number of guanidine groups is 1. The minimum atomic E-state index is 0.565. The van der Waals surface area contributed by atoms with Crippen molar-refractivity contribution in [1.29, 1.82) is 0 Å². The highest BCUT2D eigenvalue weighted by molar-refractivity contribution is 5.79. The van der Waals surface area contributed by atoms with Gasteiger partial charge in [0.25, 0.3) is 0 Å². The van der Waals surface area contributed by atoms with Crippen LogP contribution in [0.5, 0.6) is 11.5 Å². The molecule has 0 atom stereocenters. The third-order valence-electron chi connectivity index (χ3n) is 3.68. The van der Waals surface area contributed by atoms with Crippen molar-refractivity contribution in [3.05, 3.63) is 23.8 Å². The molecule has 7 nitrogen and oxygen atoms in total. The second kappa shape index (κ2) is 12.4. The smallest absolute Gasteiger partial charge is 0.191 e. The van der Waals surface area contributed by atoms with Gasteiger partial charge in [-0.25, -0.2) is 4.99 Å². The molecule has 7 heteroatoms. The molecule has 0 spiro atoms. The number of likely N-dealkylation sites (N-methyl/N-ethyl adjacent to an activating group) is 1. The van der Waals surface area contributed by atoms with Gasteiger partial charge in [0, 0.05) is 33.3 Å². The number of benzene rings is 1. The molecule has 0 bridgehead atoms. The number of aliphatic imine (C=N–C) groups is 1. The zero-order chi connectivity index (χ0) is 18.5. The first-order valence-electron chi connectivity index (χ1n) is 8.55. The van der Waals surface area contributed by atoms with Crippen LogP contribution in [0.15, 0.2) is 23.2 Å². The summed E-state index contributed by atoms with van der Waals surface area (Å²) < 4.78 is 15.7. The highest BCUT2D eigenvalue weighted by Crippen LogP contribution is 2.27. The van der Waals surface area contributed by atoms with E-state index in [1.165, 1.54) is 0 Å². The van der Waals surface area contributed by atoms with E-state index in [1.807, 2.05) is 18.2 Å². The monoisotopic (exact) mass is 352 g/mol. The van der Waals surface area contributed by atoms with Crippen LogP contribution in [-0.2, 0) is 11.3 Å². The fraction of sp³-hybridized carbons (Fsp3) is 0.611. The third kappa shape index (κ3) is 8.09. The lowest BCUT2D eigenvalue weighted by Crippen LogP contribution is -2.41. The van der Waals surface area contributed by atoms with Crippen LogP contribution >= 0.6 is 0 Å². The molecular formula is C18H32N4O3. The Morgan fingerprint density at radius 1 is 1.08 bits per heavy atom. The molecule has 1 rings (SSSR count). The first-order chi connectivity index (χ1) is 12.1. The molecule has 0 aliphatic heterocycles. The van der Waals surface area contributed by atoms with Crippen molar-refractivity contribution in [3.63, 3.8) is 0 Å². The van der Waals surface area contributed by atoms with E-state index < -0.39 is 0 Å². The number of nitrogens with zero attached hydrogens (tertiary/aromatic N) is 2. The predicted octanol–water partition coefficient (Wildman–Crippen LogP) is 1.34. The van der Waals surface area contributed by atoms with Crippen LogP contribution in [-0.4, -0.2) is 72.0 Å². The van der Waals surface area contributed by atoms with Gasteiger partial charge in [-0.15, -0.1) is 0 Å². The van der Waals surface area contributed by atoms with Gasteiger partial charge in [0.1, 0.15) is 0 Å². The molecule has 0 amide bonds. The molecule has 0 radical (unpaired) electrons. The lowest BCUT2D eigenvalue weighted by atomic mass is 10.2. The van der Waals surface area contributed by atoms with Gasteiger partial charge in [-0.1, -0.05) is 6.07 Å². The van der Waals surface area contributed by atoms with Gasteiger partial charge in [-0.2, -0.15) is 0 Å². The van der Waals surface area contributed by atoms with Crippen LogP contribution in [0, 0.1) is 0 Å². The molecule has 0 aliphatic carbocycles. The summed E-state index contributed by atoms with van der Waals surface area (Å²) in [6.45, 7) is 6.83. The van der Waals surface area contributed by atoms with Crippen LogP contribution in [0.4, 0.5) is 0 Å². The lowest BCUT2D eigenvalue weighted by molar-refractivity contribution is 0.162. The number of hydrogen-bond acceptors (Lipinski definition) is 5. The summed E-state index contributed by atoms with van der Waals surface area (Å²) in [6.07, 6.45) is 0. The van der Waals surface area contributed by atoms with E-state index in [1.54, 1.807) is 21.3 Å². The van der Waals surface area contributed by atoms with Crippen LogP contribution in [0.25, 0.3) is 0 Å². The maximum absolute atomic E-state index is 5.33. The largest absolute Gasteiger partial charge is 0.493 e. The van der Waals surface area contributed by atoms with E-state index in [9.17, 15) is 0 Å². The van der Waals surface area contributed by atoms with Crippen LogP contribution < -0.4 is 20.1 Å². The van der Waals surface area contributed by atoms with Crippen LogP contribution in [0.3, 0.4) is 0 Å². The van der Waals surface area contributed by atoms with Gasteiger partial charge in [-0.05, 0) is 31.7 Å². The van der Waals surface area contributed by atoms with E-state index in [0.717, 1.165) is 50.1 Å². The van der Waals surface area contributed by atoms with Crippen molar-refractivity contribution in [2.24, 2.45) is 4.99 Å². The molecule has 1 aromatic carbocycles. The number of methoxy groups -OCH3 is 3. The van der Waals surface area contributed by atoms with Gasteiger partial charge in [0.2, 0.25) is 0 Å². The van der Waals surface area contributed by atoms with Gasteiger partial charge < -0.3 is 29.7 Å². The lowest BCUT2D eigenvalue weighted by Gasteiger charge is -2.17.